The molecule has 0 amide bonds. The fourth-order valence-corrected chi connectivity index (χ4v) is 4.47. The zero-order valence-electron chi connectivity index (χ0n) is 11.5. The zero-order valence-corrected chi connectivity index (χ0v) is 12.3. The number of aromatic nitrogens is 2. The minimum Gasteiger partial charge on any atom is -0.366 e. The minimum atomic E-state index is 0.168. The van der Waals surface area contributed by atoms with E-state index in [1.807, 2.05) is 24.1 Å². The molecule has 2 fully saturated rings. The maximum Gasteiger partial charge on any atom is 0.128 e. The number of nitrogens with one attached hydrogen (secondary N) is 2. The molecule has 0 radical (unpaired) electrons. The lowest BCUT2D eigenvalue weighted by atomic mass is 10.0. The molecular formula is C14H20ClN5. The number of hydrogen-bond donors (Lipinski definition) is 2. The van der Waals surface area contributed by atoms with Crippen LogP contribution in [0.3, 0.4) is 0 Å². The lowest BCUT2D eigenvalue weighted by Gasteiger charge is -2.33. The Morgan fingerprint density at radius 1 is 1.40 bits per heavy atom. The normalized spacial score (nSPS) is 39.3. The topological polar surface area (TPSA) is 45.1 Å². The highest BCUT2D eigenvalue weighted by atomic mass is 35.5. The predicted octanol–water partition coefficient (Wildman–Crippen LogP) is 1.01. The van der Waals surface area contributed by atoms with Crippen LogP contribution in [0.15, 0.2) is 24.8 Å². The Morgan fingerprint density at radius 2 is 2.30 bits per heavy atom. The molecule has 1 aromatic heterocycles. The fraction of sp³-hybridized carbons (Fsp3) is 0.643. The highest BCUT2D eigenvalue weighted by molar-refractivity contribution is 6.21. The van der Waals surface area contributed by atoms with Crippen LogP contribution in [-0.4, -0.2) is 39.2 Å². The van der Waals surface area contributed by atoms with Crippen molar-refractivity contribution < 1.29 is 0 Å². The van der Waals surface area contributed by atoms with E-state index >= 15 is 0 Å². The van der Waals surface area contributed by atoms with Gasteiger partial charge in [-0.25, -0.2) is 0 Å². The molecule has 6 heteroatoms. The maximum atomic E-state index is 6.75. The second kappa shape index (κ2) is 4.67. The predicted molar refractivity (Wildman–Crippen MR) is 78.0 cm³/mol. The summed E-state index contributed by atoms with van der Waals surface area (Å²) in [4.78, 5) is 2.38. The van der Waals surface area contributed by atoms with Gasteiger partial charge < -0.3 is 15.5 Å². The molecule has 20 heavy (non-hydrogen) atoms. The van der Waals surface area contributed by atoms with E-state index in [1.165, 1.54) is 12.0 Å². The summed E-state index contributed by atoms with van der Waals surface area (Å²) in [5.74, 6) is 1.34. The molecule has 3 heterocycles. The van der Waals surface area contributed by atoms with Crippen molar-refractivity contribution in [2.24, 2.45) is 18.9 Å². The zero-order chi connectivity index (χ0) is 13.7. The van der Waals surface area contributed by atoms with Gasteiger partial charge in [-0.1, -0.05) is 0 Å². The molecule has 4 rings (SSSR count). The van der Waals surface area contributed by atoms with Crippen molar-refractivity contribution in [2.75, 3.05) is 13.1 Å². The molecule has 5 unspecified atom stereocenters. The molecule has 2 aliphatic heterocycles. The molecule has 3 aliphatic rings. The van der Waals surface area contributed by atoms with Gasteiger partial charge in [0.25, 0.3) is 0 Å². The third kappa shape index (κ3) is 1.84. The monoisotopic (exact) mass is 293 g/mol. The molecule has 1 aliphatic carbocycles. The summed E-state index contributed by atoms with van der Waals surface area (Å²) in [6.07, 6.45) is 9.51. The third-order valence-electron chi connectivity index (χ3n) is 4.94. The number of aryl methyl sites for hydroxylation is 1. The summed E-state index contributed by atoms with van der Waals surface area (Å²) >= 11 is 6.75. The van der Waals surface area contributed by atoms with Crippen LogP contribution in [0, 0.1) is 11.8 Å². The van der Waals surface area contributed by atoms with Gasteiger partial charge in [-0.05, 0) is 31.3 Å². The first-order chi connectivity index (χ1) is 9.74. The van der Waals surface area contributed by atoms with E-state index in [9.17, 15) is 0 Å². The first-order valence-corrected chi connectivity index (χ1v) is 7.71. The van der Waals surface area contributed by atoms with Gasteiger partial charge in [0, 0.05) is 37.2 Å². The quantitative estimate of drug-likeness (QED) is 0.799. The summed E-state index contributed by atoms with van der Waals surface area (Å²) in [6, 6.07) is 0.408. The summed E-state index contributed by atoms with van der Waals surface area (Å²) in [5.41, 5.74) is 1.19. The average Bonchev–Trinajstić information content (AvgIpc) is 3.15. The first kappa shape index (κ1) is 12.5. The van der Waals surface area contributed by atoms with Crippen molar-refractivity contribution in [3.8, 4) is 0 Å². The number of halogens is 1. The van der Waals surface area contributed by atoms with Crippen LogP contribution in [0.4, 0.5) is 0 Å². The van der Waals surface area contributed by atoms with Crippen LogP contribution in [0.25, 0.3) is 0 Å². The van der Waals surface area contributed by atoms with Gasteiger partial charge in [0.2, 0.25) is 0 Å². The Kier molecular flexibility index (Phi) is 2.93. The minimum absolute atomic E-state index is 0.168. The highest BCUT2D eigenvalue weighted by Gasteiger charge is 2.48. The molecule has 1 aromatic rings. The molecule has 0 aromatic carbocycles. The van der Waals surface area contributed by atoms with Crippen LogP contribution in [0.1, 0.15) is 18.2 Å². The highest BCUT2D eigenvalue weighted by Crippen LogP contribution is 2.43. The van der Waals surface area contributed by atoms with Crippen molar-refractivity contribution in [1.29, 1.82) is 0 Å². The molecule has 5 nitrogen and oxygen atoms in total. The average molecular weight is 294 g/mol. The molecule has 0 bridgehead atoms. The van der Waals surface area contributed by atoms with E-state index in [1.54, 1.807) is 0 Å². The lowest BCUT2D eigenvalue weighted by molar-refractivity contribution is 0.205. The van der Waals surface area contributed by atoms with Gasteiger partial charge in [-0.15, -0.1) is 11.6 Å². The summed E-state index contributed by atoms with van der Waals surface area (Å²) in [6.45, 7) is 2.19. The van der Waals surface area contributed by atoms with E-state index in [0.29, 0.717) is 12.0 Å². The Bertz CT molecular complexity index is 527. The second-order valence-corrected chi connectivity index (χ2v) is 6.61. The van der Waals surface area contributed by atoms with E-state index in [0.717, 1.165) is 19.0 Å². The lowest BCUT2D eigenvalue weighted by Crippen LogP contribution is -2.40. The van der Waals surface area contributed by atoms with Gasteiger partial charge in [0.05, 0.1) is 11.6 Å². The van der Waals surface area contributed by atoms with Crippen molar-refractivity contribution in [3.05, 3.63) is 30.4 Å². The summed E-state index contributed by atoms with van der Waals surface area (Å²) in [5, 5.41) is 11.4. The third-order valence-corrected chi connectivity index (χ3v) is 5.55. The number of alkyl halides is 1. The standard InChI is InChI=1S/C14H20ClN5/c1-19-8-10(6-18-19)14-17-2-3-20(14)12-4-9-5-16-7-11(9)13(12)15/h2-3,6,8-9,11-14,16-17H,4-5,7H2,1H3. The summed E-state index contributed by atoms with van der Waals surface area (Å²) in [7, 11) is 1.95. The molecule has 5 atom stereocenters. The van der Waals surface area contributed by atoms with Crippen molar-refractivity contribution in [3.63, 3.8) is 0 Å². The van der Waals surface area contributed by atoms with E-state index < -0.39 is 0 Å². The van der Waals surface area contributed by atoms with Gasteiger partial charge in [0.15, 0.2) is 0 Å². The SMILES string of the molecule is Cn1cc(C2NC=CN2C2CC3CNCC3C2Cl)cn1. The van der Waals surface area contributed by atoms with Crippen molar-refractivity contribution >= 4 is 11.6 Å². The van der Waals surface area contributed by atoms with Gasteiger partial charge in [0.1, 0.15) is 6.17 Å². The maximum absolute atomic E-state index is 6.75. The van der Waals surface area contributed by atoms with Crippen LogP contribution < -0.4 is 10.6 Å². The van der Waals surface area contributed by atoms with Gasteiger partial charge >= 0.3 is 0 Å². The molecule has 108 valence electrons. The number of rotatable bonds is 2. The van der Waals surface area contributed by atoms with Crippen molar-refractivity contribution in [2.45, 2.75) is 24.0 Å². The molecule has 1 saturated heterocycles. The van der Waals surface area contributed by atoms with E-state index in [4.69, 9.17) is 11.6 Å². The largest absolute Gasteiger partial charge is 0.366 e. The fourth-order valence-electron chi connectivity index (χ4n) is 3.94. The summed E-state index contributed by atoms with van der Waals surface area (Å²) < 4.78 is 1.85. The Hall–Kier alpha value is -1.20. The number of hydrogen-bond acceptors (Lipinski definition) is 4. The Balaban J connectivity index is 1.57. The van der Waals surface area contributed by atoms with Crippen LogP contribution in [0.2, 0.25) is 0 Å². The van der Waals surface area contributed by atoms with Crippen LogP contribution in [-0.2, 0) is 7.05 Å². The number of nitrogens with zero attached hydrogens (tertiary/aromatic N) is 3. The van der Waals surface area contributed by atoms with Crippen LogP contribution in [0.5, 0.6) is 0 Å². The van der Waals surface area contributed by atoms with Gasteiger partial charge in [-0.3, -0.25) is 4.68 Å². The van der Waals surface area contributed by atoms with Crippen LogP contribution >= 0.6 is 11.6 Å². The second-order valence-electron chi connectivity index (χ2n) is 6.11. The van der Waals surface area contributed by atoms with Crippen molar-refractivity contribution in [1.82, 2.24) is 25.3 Å². The molecule has 2 N–H and O–H groups in total. The Morgan fingerprint density at radius 3 is 3.05 bits per heavy atom. The Labute approximate surface area is 124 Å². The molecular weight excluding hydrogens is 274 g/mol. The smallest absolute Gasteiger partial charge is 0.128 e. The number of fused-ring (bicyclic) bond motifs is 1. The van der Waals surface area contributed by atoms with E-state index in [2.05, 4.69) is 33.0 Å². The first-order valence-electron chi connectivity index (χ1n) is 7.27. The van der Waals surface area contributed by atoms with Gasteiger partial charge in [-0.2, -0.15) is 5.10 Å². The molecule has 1 saturated carbocycles. The molecule has 0 spiro atoms. The van der Waals surface area contributed by atoms with E-state index in [-0.39, 0.29) is 11.5 Å².